The second-order valence-electron chi connectivity index (χ2n) is 8.73. The van der Waals surface area contributed by atoms with Crippen molar-refractivity contribution in [3.63, 3.8) is 0 Å². The SMILES string of the molecule is COc1ccc(C(C=O)(Cc2ccccc2C#CCc2ccccc2)NC(=O)C2CCC2)cc1. The van der Waals surface area contributed by atoms with Crippen LogP contribution in [-0.4, -0.2) is 19.3 Å². The molecular weight excluding hydrogens is 422 g/mol. The van der Waals surface area contributed by atoms with Gasteiger partial charge in [-0.1, -0.05) is 78.9 Å². The highest BCUT2D eigenvalue weighted by atomic mass is 16.5. The van der Waals surface area contributed by atoms with Gasteiger partial charge in [-0.05, 0) is 47.7 Å². The maximum Gasteiger partial charge on any atom is 0.224 e. The zero-order chi connectivity index (χ0) is 23.8. The van der Waals surface area contributed by atoms with E-state index in [4.69, 9.17) is 4.74 Å². The van der Waals surface area contributed by atoms with E-state index in [-0.39, 0.29) is 11.8 Å². The van der Waals surface area contributed by atoms with E-state index in [1.165, 1.54) is 0 Å². The lowest BCUT2D eigenvalue weighted by Crippen LogP contribution is -2.52. The molecular formula is C30H29NO3. The van der Waals surface area contributed by atoms with Crippen molar-refractivity contribution >= 4 is 12.2 Å². The van der Waals surface area contributed by atoms with Gasteiger partial charge in [0.05, 0.1) is 7.11 Å². The normalized spacial score (nSPS) is 14.6. The second-order valence-corrected chi connectivity index (χ2v) is 8.73. The highest BCUT2D eigenvalue weighted by molar-refractivity contribution is 5.85. The first-order chi connectivity index (χ1) is 16.6. The Balaban J connectivity index is 1.66. The molecule has 4 nitrogen and oxygen atoms in total. The van der Waals surface area contributed by atoms with Crippen molar-refractivity contribution < 1.29 is 14.3 Å². The molecule has 1 atom stereocenters. The molecule has 172 valence electrons. The van der Waals surface area contributed by atoms with Crippen LogP contribution in [-0.2, 0) is 28.0 Å². The third kappa shape index (κ3) is 5.38. The van der Waals surface area contributed by atoms with E-state index in [2.05, 4.69) is 29.3 Å². The van der Waals surface area contributed by atoms with E-state index in [0.717, 1.165) is 47.8 Å². The van der Waals surface area contributed by atoms with Gasteiger partial charge in [-0.25, -0.2) is 0 Å². The third-order valence-corrected chi connectivity index (χ3v) is 6.47. The van der Waals surface area contributed by atoms with Crippen molar-refractivity contribution in [3.05, 3.63) is 101 Å². The number of aldehydes is 1. The Bertz CT molecular complexity index is 1190. The Hall–Kier alpha value is -3.84. The summed E-state index contributed by atoms with van der Waals surface area (Å²) < 4.78 is 5.29. The summed E-state index contributed by atoms with van der Waals surface area (Å²) in [4.78, 5) is 25.7. The molecule has 3 aromatic carbocycles. The molecule has 34 heavy (non-hydrogen) atoms. The van der Waals surface area contributed by atoms with Crippen LogP contribution in [0.5, 0.6) is 5.75 Å². The minimum atomic E-state index is -1.18. The lowest BCUT2D eigenvalue weighted by atomic mass is 9.80. The number of benzene rings is 3. The monoisotopic (exact) mass is 451 g/mol. The molecule has 0 heterocycles. The van der Waals surface area contributed by atoms with Crippen LogP contribution in [0.15, 0.2) is 78.9 Å². The summed E-state index contributed by atoms with van der Waals surface area (Å²) in [6.45, 7) is 0. The van der Waals surface area contributed by atoms with E-state index < -0.39 is 5.54 Å². The number of carbonyl (C=O) groups is 2. The quantitative estimate of drug-likeness (QED) is 0.394. The number of nitrogens with one attached hydrogen (secondary N) is 1. The average Bonchev–Trinajstić information content (AvgIpc) is 2.84. The lowest BCUT2D eigenvalue weighted by molar-refractivity contribution is -0.132. The van der Waals surface area contributed by atoms with Crippen LogP contribution >= 0.6 is 0 Å². The number of rotatable bonds is 8. The molecule has 0 saturated heterocycles. The fourth-order valence-corrected chi connectivity index (χ4v) is 4.17. The zero-order valence-electron chi connectivity index (χ0n) is 19.4. The maximum absolute atomic E-state index is 13.0. The van der Waals surface area contributed by atoms with E-state index >= 15 is 0 Å². The van der Waals surface area contributed by atoms with Gasteiger partial charge < -0.3 is 14.8 Å². The summed E-state index contributed by atoms with van der Waals surface area (Å²) in [5.74, 6) is 7.13. The molecule has 1 N–H and O–H groups in total. The molecule has 0 bridgehead atoms. The Morgan fingerprint density at radius 3 is 2.38 bits per heavy atom. The van der Waals surface area contributed by atoms with Crippen LogP contribution in [0.25, 0.3) is 0 Å². The first kappa shape index (κ1) is 23.3. The van der Waals surface area contributed by atoms with Gasteiger partial charge in [0.15, 0.2) is 0 Å². The van der Waals surface area contributed by atoms with Gasteiger partial charge in [0.1, 0.15) is 17.6 Å². The Kier molecular flexibility index (Phi) is 7.44. The van der Waals surface area contributed by atoms with Crippen molar-refractivity contribution in [1.82, 2.24) is 5.32 Å². The zero-order valence-corrected chi connectivity index (χ0v) is 19.4. The van der Waals surface area contributed by atoms with Crippen LogP contribution in [0, 0.1) is 17.8 Å². The summed E-state index contributed by atoms with van der Waals surface area (Å²) in [5, 5.41) is 3.10. The number of ether oxygens (including phenoxy) is 1. The van der Waals surface area contributed by atoms with Gasteiger partial charge in [-0.15, -0.1) is 0 Å². The van der Waals surface area contributed by atoms with Crippen molar-refractivity contribution in [2.24, 2.45) is 5.92 Å². The smallest absolute Gasteiger partial charge is 0.224 e. The maximum atomic E-state index is 13.0. The van der Waals surface area contributed by atoms with Crippen molar-refractivity contribution in [1.29, 1.82) is 0 Å². The summed E-state index contributed by atoms with van der Waals surface area (Å²) in [6.07, 6.45) is 4.60. The predicted molar refractivity (Wildman–Crippen MR) is 133 cm³/mol. The Labute approximate surface area is 201 Å². The minimum Gasteiger partial charge on any atom is -0.497 e. The van der Waals surface area contributed by atoms with Crippen LogP contribution in [0.3, 0.4) is 0 Å². The highest BCUT2D eigenvalue weighted by Gasteiger charge is 2.38. The molecule has 0 radical (unpaired) electrons. The fraction of sp³-hybridized carbons (Fsp3) is 0.267. The summed E-state index contributed by atoms with van der Waals surface area (Å²) >= 11 is 0. The standard InChI is InChI=1S/C30H29NO3/c1-34-28-19-17-27(18-20-28)30(22-32,31-29(33)25-15-8-16-25)21-26-13-6-5-12-24(26)14-7-11-23-9-3-2-4-10-23/h2-6,9-10,12-13,17-20,22,25H,8,11,15-16,21H2,1H3,(H,31,33). The molecule has 1 aliphatic carbocycles. The first-order valence-corrected chi connectivity index (χ1v) is 11.7. The molecule has 0 aromatic heterocycles. The molecule has 1 fully saturated rings. The van der Waals surface area contributed by atoms with Gasteiger partial charge in [0, 0.05) is 24.3 Å². The highest BCUT2D eigenvalue weighted by Crippen LogP contribution is 2.31. The summed E-state index contributed by atoms with van der Waals surface area (Å²) in [7, 11) is 1.60. The number of hydrogen-bond acceptors (Lipinski definition) is 3. The van der Waals surface area contributed by atoms with Gasteiger partial charge in [0.25, 0.3) is 0 Å². The van der Waals surface area contributed by atoms with Crippen molar-refractivity contribution in [3.8, 4) is 17.6 Å². The number of hydrogen-bond donors (Lipinski definition) is 1. The van der Waals surface area contributed by atoms with Gasteiger partial charge in [-0.3, -0.25) is 4.79 Å². The molecule has 1 saturated carbocycles. The molecule has 4 rings (SSSR count). The molecule has 4 heteroatoms. The van der Waals surface area contributed by atoms with E-state index in [1.807, 2.05) is 66.7 Å². The van der Waals surface area contributed by atoms with Gasteiger partial charge in [0.2, 0.25) is 5.91 Å². The summed E-state index contributed by atoms with van der Waals surface area (Å²) in [6, 6.07) is 25.2. The molecule has 0 spiro atoms. The Morgan fingerprint density at radius 2 is 1.74 bits per heavy atom. The number of amides is 1. The van der Waals surface area contributed by atoms with Crippen LogP contribution in [0.1, 0.15) is 41.5 Å². The molecule has 0 aliphatic heterocycles. The van der Waals surface area contributed by atoms with Crippen LogP contribution in [0.2, 0.25) is 0 Å². The molecule has 3 aromatic rings. The lowest BCUT2D eigenvalue weighted by Gasteiger charge is -2.34. The van der Waals surface area contributed by atoms with E-state index in [1.54, 1.807) is 7.11 Å². The molecule has 1 unspecified atom stereocenters. The Morgan fingerprint density at radius 1 is 1.03 bits per heavy atom. The largest absolute Gasteiger partial charge is 0.497 e. The predicted octanol–water partition coefficient (Wildman–Crippen LogP) is 4.84. The number of carbonyl (C=O) groups excluding carboxylic acids is 2. The minimum absolute atomic E-state index is 0.0292. The van der Waals surface area contributed by atoms with Gasteiger partial charge in [-0.2, -0.15) is 0 Å². The van der Waals surface area contributed by atoms with Crippen LogP contribution < -0.4 is 10.1 Å². The number of methoxy groups -OCH3 is 1. The van der Waals surface area contributed by atoms with Crippen molar-refractivity contribution in [2.75, 3.05) is 7.11 Å². The fourth-order valence-electron chi connectivity index (χ4n) is 4.17. The van der Waals surface area contributed by atoms with E-state index in [9.17, 15) is 9.59 Å². The topological polar surface area (TPSA) is 55.4 Å². The van der Waals surface area contributed by atoms with Gasteiger partial charge >= 0.3 is 0 Å². The summed E-state index contributed by atoms with van der Waals surface area (Å²) in [5.41, 5.74) is 2.47. The van der Waals surface area contributed by atoms with Crippen molar-refractivity contribution in [2.45, 2.75) is 37.6 Å². The molecule has 1 amide bonds. The third-order valence-electron chi connectivity index (χ3n) is 6.47. The average molecular weight is 452 g/mol. The van der Waals surface area contributed by atoms with Crippen LogP contribution in [0.4, 0.5) is 0 Å². The molecule has 1 aliphatic rings. The van der Waals surface area contributed by atoms with E-state index in [0.29, 0.717) is 18.6 Å². The first-order valence-electron chi connectivity index (χ1n) is 11.7. The second kappa shape index (κ2) is 10.9.